The van der Waals surface area contributed by atoms with Gasteiger partial charge in [0.05, 0.1) is 5.69 Å². The third-order valence-electron chi connectivity index (χ3n) is 3.74. The number of nitrogens with one attached hydrogen (secondary N) is 2. The zero-order valence-corrected chi connectivity index (χ0v) is 14.8. The van der Waals surface area contributed by atoms with Crippen molar-refractivity contribution in [3.8, 4) is 11.5 Å². The van der Waals surface area contributed by atoms with Gasteiger partial charge in [0.25, 0.3) is 0 Å². The van der Waals surface area contributed by atoms with Gasteiger partial charge in [0, 0.05) is 30.5 Å². The molecule has 6 nitrogen and oxygen atoms in total. The van der Waals surface area contributed by atoms with Gasteiger partial charge in [0.2, 0.25) is 0 Å². The summed E-state index contributed by atoms with van der Waals surface area (Å²) in [5, 5.41) is 11.4. The van der Waals surface area contributed by atoms with E-state index in [9.17, 15) is 0 Å². The highest BCUT2D eigenvalue weighted by Gasteiger charge is 2.12. The molecule has 0 aliphatic carbocycles. The maximum atomic E-state index is 5.57. The zero-order chi connectivity index (χ0) is 16.9. The van der Waals surface area contributed by atoms with Gasteiger partial charge in [-0.3, -0.25) is 4.68 Å². The van der Waals surface area contributed by atoms with E-state index in [4.69, 9.17) is 21.7 Å². The highest BCUT2D eigenvalue weighted by Crippen LogP contribution is 2.32. The molecular formula is C17H22N4O2S. The topological polar surface area (TPSA) is 60.3 Å². The molecule has 0 fully saturated rings. The highest BCUT2D eigenvalue weighted by atomic mass is 32.1. The molecule has 7 heteroatoms. The Labute approximate surface area is 147 Å². The van der Waals surface area contributed by atoms with Crippen molar-refractivity contribution in [2.24, 2.45) is 0 Å². The lowest BCUT2D eigenvalue weighted by Gasteiger charge is -2.19. The average molecular weight is 346 g/mol. The highest BCUT2D eigenvalue weighted by molar-refractivity contribution is 7.80. The number of anilines is 1. The Morgan fingerprint density at radius 3 is 2.75 bits per heavy atom. The van der Waals surface area contributed by atoms with Crippen molar-refractivity contribution >= 4 is 23.0 Å². The monoisotopic (exact) mass is 346 g/mol. The summed E-state index contributed by atoms with van der Waals surface area (Å²) in [6.07, 6.45) is 0.949. The second kappa shape index (κ2) is 7.53. The van der Waals surface area contributed by atoms with Gasteiger partial charge in [-0.05, 0) is 50.7 Å². The van der Waals surface area contributed by atoms with Crippen LogP contribution >= 0.6 is 12.2 Å². The second-order valence-corrected chi connectivity index (χ2v) is 6.15. The molecule has 0 saturated carbocycles. The molecular weight excluding hydrogens is 324 g/mol. The second-order valence-electron chi connectivity index (χ2n) is 5.74. The molecule has 2 heterocycles. The maximum absolute atomic E-state index is 5.57. The molecule has 2 aromatic rings. The predicted molar refractivity (Wildman–Crippen MR) is 98.0 cm³/mol. The number of rotatable bonds is 5. The lowest BCUT2D eigenvalue weighted by molar-refractivity contribution is 0.171. The number of thiocarbonyl (C=S) groups is 1. The zero-order valence-electron chi connectivity index (χ0n) is 14.0. The number of aromatic nitrogens is 2. The molecule has 1 aromatic heterocycles. The van der Waals surface area contributed by atoms with Crippen molar-refractivity contribution in [3.63, 3.8) is 0 Å². The molecule has 1 aliphatic rings. The van der Waals surface area contributed by atoms with E-state index < -0.39 is 0 Å². The van der Waals surface area contributed by atoms with Crippen LogP contribution in [0.1, 0.15) is 17.8 Å². The van der Waals surface area contributed by atoms with E-state index in [0.29, 0.717) is 18.3 Å². The van der Waals surface area contributed by atoms with Crippen LogP contribution in [0.15, 0.2) is 24.3 Å². The molecule has 0 amide bonds. The molecule has 128 valence electrons. The molecule has 0 bridgehead atoms. The molecule has 0 radical (unpaired) electrons. The van der Waals surface area contributed by atoms with Crippen LogP contribution in [0, 0.1) is 13.8 Å². The van der Waals surface area contributed by atoms with Gasteiger partial charge in [0.15, 0.2) is 16.6 Å². The smallest absolute Gasteiger partial charge is 0.170 e. The lowest BCUT2D eigenvalue weighted by atomic mass is 10.2. The van der Waals surface area contributed by atoms with Gasteiger partial charge in [-0.25, -0.2) is 0 Å². The first kappa shape index (κ1) is 16.6. The minimum Gasteiger partial charge on any atom is -0.486 e. The number of aryl methyl sites for hydroxylation is 3. The number of fused-ring (bicyclic) bond motifs is 1. The van der Waals surface area contributed by atoms with Crippen molar-refractivity contribution < 1.29 is 9.47 Å². The van der Waals surface area contributed by atoms with Crippen molar-refractivity contribution in [2.45, 2.75) is 26.8 Å². The standard InChI is InChI=1S/C17H22N4O2S/c1-12-10-13(2)21(20-12)7-3-6-18-17(24)19-14-4-5-15-16(11-14)23-9-8-22-15/h4-5,10-11H,3,6-9H2,1-2H3,(H2,18,19,24). The van der Waals surface area contributed by atoms with Crippen LogP contribution in [0.5, 0.6) is 11.5 Å². The third-order valence-corrected chi connectivity index (χ3v) is 3.98. The number of hydrogen-bond donors (Lipinski definition) is 2. The van der Waals surface area contributed by atoms with E-state index >= 15 is 0 Å². The van der Waals surface area contributed by atoms with Gasteiger partial charge in [-0.2, -0.15) is 5.10 Å². The Hall–Kier alpha value is -2.28. The van der Waals surface area contributed by atoms with E-state index in [-0.39, 0.29) is 0 Å². The van der Waals surface area contributed by atoms with Crippen molar-refractivity contribution in [2.75, 3.05) is 25.1 Å². The van der Waals surface area contributed by atoms with Crippen LogP contribution in [0.2, 0.25) is 0 Å². The third kappa shape index (κ3) is 4.17. The van der Waals surface area contributed by atoms with Gasteiger partial charge in [-0.15, -0.1) is 0 Å². The molecule has 1 aromatic carbocycles. The average Bonchev–Trinajstić information content (AvgIpc) is 2.89. The van der Waals surface area contributed by atoms with Crippen LogP contribution in [-0.4, -0.2) is 34.7 Å². The van der Waals surface area contributed by atoms with E-state index in [1.807, 2.05) is 29.8 Å². The van der Waals surface area contributed by atoms with Crippen LogP contribution in [0.3, 0.4) is 0 Å². The SMILES string of the molecule is Cc1cc(C)n(CCCNC(=S)Nc2ccc3c(c2)OCCO3)n1. The summed E-state index contributed by atoms with van der Waals surface area (Å²) in [5.74, 6) is 1.52. The minimum atomic E-state index is 0.575. The summed E-state index contributed by atoms with van der Waals surface area (Å²) in [5.41, 5.74) is 3.12. The van der Waals surface area contributed by atoms with E-state index in [1.165, 1.54) is 5.69 Å². The summed E-state index contributed by atoms with van der Waals surface area (Å²) in [4.78, 5) is 0. The van der Waals surface area contributed by atoms with Crippen molar-refractivity contribution in [1.29, 1.82) is 0 Å². The number of nitrogens with zero attached hydrogens (tertiary/aromatic N) is 2. The quantitative estimate of drug-likeness (QED) is 0.641. The van der Waals surface area contributed by atoms with Crippen LogP contribution < -0.4 is 20.1 Å². The van der Waals surface area contributed by atoms with Crippen molar-refractivity contribution in [3.05, 3.63) is 35.7 Å². The minimum absolute atomic E-state index is 0.575. The summed E-state index contributed by atoms with van der Waals surface area (Å²) < 4.78 is 13.1. The Bertz CT molecular complexity index is 729. The summed E-state index contributed by atoms with van der Waals surface area (Å²) in [6.45, 7) is 6.91. The molecule has 3 rings (SSSR count). The Morgan fingerprint density at radius 1 is 1.21 bits per heavy atom. The van der Waals surface area contributed by atoms with Gasteiger partial charge in [0.1, 0.15) is 13.2 Å². The first-order chi connectivity index (χ1) is 11.6. The normalized spacial score (nSPS) is 12.8. The van der Waals surface area contributed by atoms with Gasteiger partial charge < -0.3 is 20.1 Å². The van der Waals surface area contributed by atoms with E-state index in [2.05, 4.69) is 28.7 Å². The van der Waals surface area contributed by atoms with Crippen LogP contribution in [0.4, 0.5) is 5.69 Å². The molecule has 2 N–H and O–H groups in total. The van der Waals surface area contributed by atoms with Crippen molar-refractivity contribution in [1.82, 2.24) is 15.1 Å². The molecule has 1 aliphatic heterocycles. The number of ether oxygens (including phenoxy) is 2. The molecule has 0 atom stereocenters. The summed E-state index contributed by atoms with van der Waals surface area (Å²) in [6, 6.07) is 7.81. The Balaban J connectivity index is 1.43. The number of hydrogen-bond acceptors (Lipinski definition) is 4. The first-order valence-corrected chi connectivity index (χ1v) is 8.48. The Morgan fingerprint density at radius 2 is 2.00 bits per heavy atom. The maximum Gasteiger partial charge on any atom is 0.170 e. The summed E-state index contributed by atoms with van der Waals surface area (Å²) >= 11 is 5.33. The Kier molecular flexibility index (Phi) is 5.20. The van der Waals surface area contributed by atoms with Crippen LogP contribution in [-0.2, 0) is 6.54 Å². The number of benzene rings is 1. The van der Waals surface area contributed by atoms with Crippen LogP contribution in [0.25, 0.3) is 0 Å². The van der Waals surface area contributed by atoms with Gasteiger partial charge in [-0.1, -0.05) is 0 Å². The summed E-state index contributed by atoms with van der Waals surface area (Å²) in [7, 11) is 0. The molecule has 0 unspecified atom stereocenters. The van der Waals surface area contributed by atoms with Gasteiger partial charge >= 0.3 is 0 Å². The lowest BCUT2D eigenvalue weighted by Crippen LogP contribution is -2.30. The fraction of sp³-hybridized carbons (Fsp3) is 0.412. The fourth-order valence-corrected chi connectivity index (χ4v) is 2.85. The molecule has 0 saturated heterocycles. The first-order valence-electron chi connectivity index (χ1n) is 8.07. The largest absolute Gasteiger partial charge is 0.486 e. The molecule has 0 spiro atoms. The fourth-order valence-electron chi connectivity index (χ4n) is 2.63. The predicted octanol–water partition coefficient (Wildman–Crippen LogP) is 2.65. The van der Waals surface area contributed by atoms with E-state index in [1.54, 1.807) is 0 Å². The van der Waals surface area contributed by atoms with E-state index in [0.717, 1.165) is 42.4 Å². The molecule has 24 heavy (non-hydrogen) atoms.